The molecule has 2 atom stereocenters. The van der Waals surface area contributed by atoms with Crippen LogP contribution in [0.2, 0.25) is 5.02 Å². The second-order valence-corrected chi connectivity index (χ2v) is 4.82. The smallest absolute Gasteiger partial charge is 0.127 e. The molecule has 0 aromatic heterocycles. The number of ether oxygens (including phenoxy) is 1. The Morgan fingerprint density at radius 3 is 2.88 bits per heavy atom. The molecule has 0 saturated heterocycles. The molecule has 0 spiro atoms. The number of benzene rings is 1. The third-order valence-corrected chi connectivity index (χ3v) is 3.28. The molecule has 0 radical (unpaired) electrons. The van der Waals surface area contributed by atoms with E-state index in [1.165, 1.54) is 0 Å². The molecular formula is C13H18ClNO2. The van der Waals surface area contributed by atoms with Crippen LogP contribution in [-0.4, -0.2) is 13.2 Å². The van der Waals surface area contributed by atoms with Crippen molar-refractivity contribution in [2.75, 3.05) is 7.11 Å². The first-order valence-electron chi connectivity index (χ1n) is 5.92. The van der Waals surface area contributed by atoms with Gasteiger partial charge < -0.3 is 9.57 Å². The predicted molar refractivity (Wildman–Crippen MR) is 68.4 cm³/mol. The van der Waals surface area contributed by atoms with Gasteiger partial charge in [0, 0.05) is 10.6 Å². The fraction of sp³-hybridized carbons (Fsp3) is 0.538. The molecule has 1 aliphatic heterocycles. The molecule has 1 aromatic carbocycles. The number of rotatable bonds is 4. The molecule has 4 heteroatoms. The van der Waals surface area contributed by atoms with Gasteiger partial charge in [-0.3, -0.25) is 0 Å². The summed E-state index contributed by atoms with van der Waals surface area (Å²) in [6, 6.07) is 3.95. The molecule has 1 aliphatic rings. The monoisotopic (exact) mass is 255 g/mol. The van der Waals surface area contributed by atoms with Gasteiger partial charge in [-0.15, -0.1) is 0 Å². The lowest BCUT2D eigenvalue weighted by atomic mass is 10.00. The number of halogens is 1. The Labute approximate surface area is 107 Å². The Kier molecular flexibility index (Phi) is 3.92. The number of hydrogen-bond acceptors (Lipinski definition) is 3. The Morgan fingerprint density at radius 2 is 2.24 bits per heavy atom. The predicted octanol–water partition coefficient (Wildman–Crippen LogP) is 3.40. The molecule has 0 amide bonds. The van der Waals surface area contributed by atoms with Crippen molar-refractivity contribution in [2.45, 2.75) is 38.8 Å². The highest BCUT2D eigenvalue weighted by Crippen LogP contribution is 2.42. The van der Waals surface area contributed by atoms with Gasteiger partial charge >= 0.3 is 0 Å². The maximum absolute atomic E-state index is 6.09. The van der Waals surface area contributed by atoms with Crippen LogP contribution in [0.4, 0.5) is 0 Å². The van der Waals surface area contributed by atoms with Crippen LogP contribution in [0.3, 0.4) is 0 Å². The van der Waals surface area contributed by atoms with Crippen molar-refractivity contribution in [1.82, 2.24) is 5.48 Å². The lowest BCUT2D eigenvalue weighted by molar-refractivity contribution is 0.0268. The lowest BCUT2D eigenvalue weighted by Crippen LogP contribution is -2.30. The van der Waals surface area contributed by atoms with Crippen molar-refractivity contribution >= 4 is 11.6 Å². The van der Waals surface area contributed by atoms with Crippen LogP contribution in [0.5, 0.6) is 5.75 Å². The summed E-state index contributed by atoms with van der Waals surface area (Å²) in [5, 5.41) is 0.741. The van der Waals surface area contributed by atoms with Crippen LogP contribution < -0.4 is 10.2 Å². The first-order chi connectivity index (χ1) is 8.17. The van der Waals surface area contributed by atoms with Gasteiger partial charge in [-0.25, -0.2) is 0 Å². The Bertz CT molecular complexity index is 409. The van der Waals surface area contributed by atoms with Gasteiger partial charge in [0.25, 0.3) is 0 Å². The van der Waals surface area contributed by atoms with Gasteiger partial charge in [0.2, 0.25) is 0 Å². The summed E-state index contributed by atoms with van der Waals surface area (Å²) in [6.45, 7) is 4.17. The third-order valence-electron chi connectivity index (χ3n) is 3.06. The van der Waals surface area contributed by atoms with E-state index in [4.69, 9.17) is 21.2 Å². The number of hydroxylamine groups is 1. The van der Waals surface area contributed by atoms with Crippen LogP contribution in [0.25, 0.3) is 0 Å². The van der Waals surface area contributed by atoms with Gasteiger partial charge in [-0.2, -0.15) is 5.48 Å². The maximum Gasteiger partial charge on any atom is 0.127 e. The van der Waals surface area contributed by atoms with Crippen LogP contribution in [0, 0.1) is 6.92 Å². The van der Waals surface area contributed by atoms with Crippen molar-refractivity contribution in [3.8, 4) is 5.75 Å². The number of aryl methyl sites for hydroxylation is 1. The van der Waals surface area contributed by atoms with Crippen LogP contribution >= 0.6 is 11.6 Å². The lowest BCUT2D eigenvalue weighted by Gasteiger charge is -2.18. The van der Waals surface area contributed by atoms with E-state index in [-0.39, 0.29) is 12.1 Å². The van der Waals surface area contributed by atoms with E-state index in [2.05, 4.69) is 12.4 Å². The van der Waals surface area contributed by atoms with Gasteiger partial charge in [0.15, 0.2) is 0 Å². The number of hydrogen-bond donors (Lipinski definition) is 1. The van der Waals surface area contributed by atoms with Crippen molar-refractivity contribution in [3.05, 3.63) is 28.3 Å². The fourth-order valence-corrected chi connectivity index (χ4v) is 2.63. The van der Waals surface area contributed by atoms with Crippen molar-refractivity contribution in [3.63, 3.8) is 0 Å². The minimum absolute atomic E-state index is 0.0624. The van der Waals surface area contributed by atoms with Gasteiger partial charge in [-0.1, -0.05) is 24.9 Å². The molecule has 94 valence electrons. The topological polar surface area (TPSA) is 30.5 Å². The molecule has 2 rings (SSSR count). The summed E-state index contributed by atoms with van der Waals surface area (Å²) < 4.78 is 6.00. The van der Waals surface area contributed by atoms with E-state index in [0.29, 0.717) is 0 Å². The van der Waals surface area contributed by atoms with E-state index < -0.39 is 0 Å². The maximum atomic E-state index is 6.09. The average Bonchev–Trinajstić information content (AvgIpc) is 2.59. The van der Waals surface area contributed by atoms with Gasteiger partial charge in [-0.05, 0) is 31.0 Å². The second-order valence-electron chi connectivity index (χ2n) is 4.39. The van der Waals surface area contributed by atoms with Crippen molar-refractivity contribution < 1.29 is 9.57 Å². The minimum atomic E-state index is 0.0624. The zero-order valence-corrected chi connectivity index (χ0v) is 11.2. The van der Waals surface area contributed by atoms with Crippen LogP contribution in [-0.2, 0) is 4.84 Å². The number of fused-ring (bicyclic) bond motifs is 1. The van der Waals surface area contributed by atoms with E-state index >= 15 is 0 Å². The molecule has 1 N–H and O–H groups in total. The standard InChI is InChI=1S/C13H18ClNO2/c1-4-5-11-12(15-16-3)10-7-9(14)6-8(2)13(10)17-11/h6-7,11-12,15H,4-5H2,1-3H3. The minimum Gasteiger partial charge on any atom is -0.488 e. The first kappa shape index (κ1) is 12.7. The molecule has 3 nitrogen and oxygen atoms in total. The summed E-state index contributed by atoms with van der Waals surface area (Å²) in [7, 11) is 1.62. The zero-order valence-electron chi connectivity index (χ0n) is 10.4. The fourth-order valence-electron chi connectivity index (χ4n) is 2.34. The SMILES string of the molecule is CCCC1Oc2c(C)cc(Cl)cc2C1NOC. The van der Waals surface area contributed by atoms with Crippen molar-refractivity contribution in [2.24, 2.45) is 0 Å². The summed E-state index contributed by atoms with van der Waals surface area (Å²) in [5.74, 6) is 0.947. The highest BCUT2D eigenvalue weighted by Gasteiger charge is 2.35. The van der Waals surface area contributed by atoms with E-state index in [1.54, 1.807) is 7.11 Å². The Balaban J connectivity index is 2.35. The quantitative estimate of drug-likeness (QED) is 0.837. The molecule has 0 saturated carbocycles. The second kappa shape index (κ2) is 5.25. The first-order valence-corrected chi connectivity index (χ1v) is 6.30. The van der Waals surface area contributed by atoms with E-state index in [0.717, 1.165) is 34.7 Å². The average molecular weight is 256 g/mol. The Morgan fingerprint density at radius 1 is 1.47 bits per heavy atom. The van der Waals surface area contributed by atoms with Crippen molar-refractivity contribution in [1.29, 1.82) is 0 Å². The van der Waals surface area contributed by atoms with Gasteiger partial charge in [0.05, 0.1) is 13.2 Å². The molecule has 2 unspecified atom stereocenters. The normalized spacial score (nSPS) is 22.4. The summed E-state index contributed by atoms with van der Waals surface area (Å²) in [6.07, 6.45) is 2.19. The largest absolute Gasteiger partial charge is 0.488 e. The zero-order chi connectivity index (χ0) is 12.4. The number of nitrogens with one attached hydrogen (secondary N) is 1. The summed E-state index contributed by atoms with van der Waals surface area (Å²) in [4.78, 5) is 5.07. The van der Waals surface area contributed by atoms with E-state index in [1.807, 2.05) is 19.1 Å². The van der Waals surface area contributed by atoms with Gasteiger partial charge in [0.1, 0.15) is 11.9 Å². The molecule has 0 bridgehead atoms. The highest BCUT2D eigenvalue weighted by molar-refractivity contribution is 6.30. The molecule has 0 fully saturated rings. The molecule has 1 aromatic rings. The molecule has 1 heterocycles. The third kappa shape index (κ3) is 2.41. The van der Waals surface area contributed by atoms with E-state index in [9.17, 15) is 0 Å². The molecular weight excluding hydrogens is 238 g/mol. The highest BCUT2D eigenvalue weighted by atomic mass is 35.5. The van der Waals surface area contributed by atoms with Crippen LogP contribution in [0.1, 0.15) is 36.9 Å². The van der Waals surface area contributed by atoms with Crippen LogP contribution in [0.15, 0.2) is 12.1 Å². The Hall–Kier alpha value is -0.770. The summed E-state index contributed by atoms with van der Waals surface area (Å²) in [5.41, 5.74) is 5.18. The molecule has 17 heavy (non-hydrogen) atoms. The molecule has 0 aliphatic carbocycles. The summed E-state index contributed by atoms with van der Waals surface area (Å²) >= 11 is 6.09.